The Balaban J connectivity index is 4.59. The van der Waals surface area contributed by atoms with Crippen LogP contribution in [0.4, 0.5) is 0 Å². The fraction of sp³-hybridized carbons (Fsp3) is 1.00. The summed E-state index contributed by atoms with van der Waals surface area (Å²) in [5, 5.41) is 0. The number of nitrogens with two attached hydrogens (primary N) is 1. The van der Waals surface area contributed by atoms with E-state index in [-0.39, 0.29) is 32.0 Å². The molecular formula is C8H20N2O5S2. The minimum absolute atomic E-state index is 0.162. The summed E-state index contributed by atoms with van der Waals surface area (Å²) in [5.41, 5.74) is 5.31. The van der Waals surface area contributed by atoms with E-state index in [2.05, 4.69) is 0 Å². The molecule has 0 saturated heterocycles. The lowest BCUT2D eigenvalue weighted by Crippen LogP contribution is -2.40. The molecule has 0 rings (SSSR count). The summed E-state index contributed by atoms with van der Waals surface area (Å²) < 4.78 is 51.5. The molecule has 0 spiro atoms. The summed E-state index contributed by atoms with van der Waals surface area (Å²) in [5.74, 6) is -0.807. The molecule has 0 saturated carbocycles. The van der Waals surface area contributed by atoms with E-state index in [0.717, 1.165) is 10.6 Å². The summed E-state index contributed by atoms with van der Waals surface area (Å²) in [6.07, 6.45) is 1.00. The monoisotopic (exact) mass is 288 g/mol. The van der Waals surface area contributed by atoms with Gasteiger partial charge in [-0.2, -0.15) is 4.31 Å². The lowest BCUT2D eigenvalue weighted by molar-refractivity contribution is 0.180. The molecule has 7 nitrogen and oxygen atoms in total. The third-order valence-corrected chi connectivity index (χ3v) is 5.10. The first-order chi connectivity index (χ1) is 7.73. The van der Waals surface area contributed by atoms with Crippen LogP contribution in [-0.2, 0) is 24.6 Å². The molecule has 0 aromatic heterocycles. The van der Waals surface area contributed by atoms with Gasteiger partial charge >= 0.3 is 0 Å². The van der Waals surface area contributed by atoms with Crippen LogP contribution in [0.25, 0.3) is 0 Å². The molecule has 0 aromatic carbocycles. The number of rotatable bonds is 9. The average Bonchev–Trinajstić information content (AvgIpc) is 2.20. The van der Waals surface area contributed by atoms with Crippen molar-refractivity contribution in [3.8, 4) is 0 Å². The van der Waals surface area contributed by atoms with Gasteiger partial charge in [-0.15, -0.1) is 0 Å². The van der Waals surface area contributed by atoms with Crippen molar-refractivity contribution in [2.75, 3.05) is 51.1 Å². The van der Waals surface area contributed by atoms with Crippen LogP contribution in [0.5, 0.6) is 0 Å². The molecule has 17 heavy (non-hydrogen) atoms. The van der Waals surface area contributed by atoms with Crippen LogP contribution in [0.3, 0.4) is 0 Å². The average molecular weight is 288 g/mol. The molecule has 0 fully saturated rings. The SMILES string of the molecule is COCCN(CCN)S(=O)(=O)CCS(C)(=O)=O. The van der Waals surface area contributed by atoms with Crippen molar-refractivity contribution >= 4 is 19.9 Å². The Morgan fingerprint density at radius 1 is 1.12 bits per heavy atom. The second-order valence-corrected chi connectivity index (χ2v) is 7.97. The van der Waals surface area contributed by atoms with E-state index in [1.165, 1.54) is 7.11 Å². The fourth-order valence-corrected chi connectivity index (χ4v) is 4.16. The number of ether oxygens (including phenoxy) is 1. The molecular weight excluding hydrogens is 268 g/mol. The van der Waals surface area contributed by atoms with E-state index in [9.17, 15) is 16.8 Å². The maximum atomic E-state index is 11.8. The molecule has 0 aromatic rings. The van der Waals surface area contributed by atoms with Gasteiger partial charge in [0, 0.05) is 33.0 Å². The van der Waals surface area contributed by atoms with Gasteiger partial charge < -0.3 is 10.5 Å². The van der Waals surface area contributed by atoms with Crippen molar-refractivity contribution in [3.63, 3.8) is 0 Å². The second-order valence-electron chi connectivity index (χ2n) is 3.63. The zero-order valence-corrected chi connectivity index (χ0v) is 11.8. The Morgan fingerprint density at radius 2 is 1.71 bits per heavy atom. The first kappa shape index (κ1) is 16.8. The van der Waals surface area contributed by atoms with Crippen LogP contribution >= 0.6 is 0 Å². The summed E-state index contributed by atoms with van der Waals surface area (Å²) in [4.78, 5) is 0. The number of sulfone groups is 1. The third-order valence-electron chi connectivity index (χ3n) is 2.03. The Bertz CT molecular complexity index is 404. The Labute approximate surface area is 103 Å². The van der Waals surface area contributed by atoms with Crippen molar-refractivity contribution in [1.82, 2.24) is 4.31 Å². The largest absolute Gasteiger partial charge is 0.383 e. The number of nitrogens with zero attached hydrogens (tertiary/aromatic N) is 1. The van der Waals surface area contributed by atoms with Gasteiger partial charge in [0.05, 0.1) is 18.1 Å². The molecule has 0 radical (unpaired) electrons. The van der Waals surface area contributed by atoms with E-state index < -0.39 is 25.6 Å². The maximum Gasteiger partial charge on any atom is 0.215 e. The van der Waals surface area contributed by atoms with Crippen molar-refractivity contribution in [3.05, 3.63) is 0 Å². The van der Waals surface area contributed by atoms with Gasteiger partial charge in [-0.3, -0.25) is 0 Å². The van der Waals surface area contributed by atoms with Crippen LogP contribution in [0.15, 0.2) is 0 Å². The van der Waals surface area contributed by atoms with Gasteiger partial charge in [0.2, 0.25) is 10.0 Å². The van der Waals surface area contributed by atoms with E-state index >= 15 is 0 Å². The van der Waals surface area contributed by atoms with Crippen molar-refractivity contribution in [2.45, 2.75) is 0 Å². The highest BCUT2D eigenvalue weighted by atomic mass is 32.2. The van der Waals surface area contributed by atoms with E-state index in [0.29, 0.717) is 0 Å². The van der Waals surface area contributed by atoms with Gasteiger partial charge in [0.15, 0.2) is 0 Å². The lowest BCUT2D eigenvalue weighted by atomic mass is 10.6. The van der Waals surface area contributed by atoms with Crippen molar-refractivity contribution < 1.29 is 21.6 Å². The number of sulfonamides is 1. The topological polar surface area (TPSA) is 107 Å². The van der Waals surface area contributed by atoms with E-state index in [4.69, 9.17) is 10.5 Å². The van der Waals surface area contributed by atoms with Crippen LogP contribution in [0, 0.1) is 0 Å². The minimum atomic E-state index is -3.60. The van der Waals surface area contributed by atoms with Gasteiger partial charge in [0.25, 0.3) is 0 Å². The number of hydrogen-bond donors (Lipinski definition) is 1. The molecule has 0 bridgehead atoms. The van der Waals surface area contributed by atoms with Crippen molar-refractivity contribution in [2.24, 2.45) is 5.73 Å². The molecule has 0 aliphatic carbocycles. The zero-order valence-electron chi connectivity index (χ0n) is 10.1. The molecule has 0 amide bonds. The highest BCUT2D eigenvalue weighted by Gasteiger charge is 2.22. The molecule has 0 atom stereocenters. The van der Waals surface area contributed by atoms with Gasteiger partial charge in [-0.1, -0.05) is 0 Å². The predicted molar refractivity (Wildman–Crippen MR) is 66.0 cm³/mol. The van der Waals surface area contributed by atoms with E-state index in [1.807, 2.05) is 0 Å². The Hall–Kier alpha value is -0.220. The smallest absolute Gasteiger partial charge is 0.215 e. The Morgan fingerprint density at radius 3 is 2.12 bits per heavy atom. The molecule has 0 aliphatic rings. The molecule has 0 aliphatic heterocycles. The Kier molecular flexibility index (Phi) is 7.17. The number of hydrogen-bond acceptors (Lipinski definition) is 6. The standard InChI is InChI=1S/C8H20N2O5S2/c1-15-6-5-10(4-3-9)17(13,14)8-7-16(2,11)12/h3-9H2,1-2H3. The summed E-state index contributed by atoms with van der Waals surface area (Å²) in [6.45, 7) is 0.773. The van der Waals surface area contributed by atoms with Gasteiger partial charge in [0.1, 0.15) is 9.84 Å². The molecule has 0 unspecified atom stereocenters. The highest BCUT2D eigenvalue weighted by Crippen LogP contribution is 2.02. The summed E-state index contributed by atoms with van der Waals surface area (Å²) in [6, 6.07) is 0. The first-order valence-corrected chi connectivity index (χ1v) is 8.74. The van der Waals surface area contributed by atoms with Crippen LogP contribution in [0.2, 0.25) is 0 Å². The molecule has 104 valence electrons. The normalized spacial score (nSPS) is 13.2. The highest BCUT2D eigenvalue weighted by molar-refractivity contribution is 7.93. The maximum absolute atomic E-state index is 11.8. The van der Waals surface area contributed by atoms with Crippen molar-refractivity contribution in [1.29, 1.82) is 0 Å². The van der Waals surface area contributed by atoms with E-state index in [1.54, 1.807) is 0 Å². The van der Waals surface area contributed by atoms with Gasteiger partial charge in [-0.05, 0) is 0 Å². The van der Waals surface area contributed by atoms with Gasteiger partial charge in [-0.25, -0.2) is 16.8 Å². The number of methoxy groups -OCH3 is 1. The van der Waals surface area contributed by atoms with Crippen LogP contribution < -0.4 is 5.73 Å². The first-order valence-electron chi connectivity index (χ1n) is 5.07. The summed E-state index contributed by atoms with van der Waals surface area (Å²) in [7, 11) is -5.43. The fourth-order valence-electron chi connectivity index (χ4n) is 1.11. The lowest BCUT2D eigenvalue weighted by Gasteiger charge is -2.20. The quantitative estimate of drug-likeness (QED) is 0.540. The molecule has 2 N–H and O–H groups in total. The van der Waals surface area contributed by atoms with Crippen LogP contribution in [0.1, 0.15) is 0 Å². The zero-order chi connectivity index (χ0) is 13.5. The second kappa shape index (κ2) is 7.27. The molecule has 9 heteroatoms. The minimum Gasteiger partial charge on any atom is -0.383 e. The summed E-state index contributed by atoms with van der Waals surface area (Å²) >= 11 is 0. The van der Waals surface area contributed by atoms with Crippen LogP contribution in [-0.4, -0.2) is 72.3 Å². The predicted octanol–water partition coefficient (Wildman–Crippen LogP) is -1.73. The molecule has 0 heterocycles. The third kappa shape index (κ3) is 7.66.